The van der Waals surface area contributed by atoms with E-state index in [-0.39, 0.29) is 21.7 Å². The Morgan fingerprint density at radius 3 is 1.10 bits per heavy atom. The fourth-order valence-corrected chi connectivity index (χ4v) is 11.1. The Morgan fingerprint density at radius 1 is 0.429 bits per heavy atom. The number of nitriles is 2. The maximum Gasteiger partial charge on any atom is 0.103 e. The van der Waals surface area contributed by atoms with E-state index >= 15 is 0 Å². The molecule has 0 unspecified atom stereocenters. The average molecular weight is 819 g/mol. The molecule has 1 aliphatic rings. The van der Waals surface area contributed by atoms with Crippen molar-refractivity contribution in [3.8, 4) is 45.8 Å². The largest absolute Gasteiger partial charge is 0.308 e. The van der Waals surface area contributed by atoms with E-state index in [1.54, 1.807) is 0 Å². The summed E-state index contributed by atoms with van der Waals surface area (Å²) in [5, 5.41) is 27.8. The minimum absolute atomic E-state index is 0.0585. The highest BCUT2D eigenvalue weighted by Crippen LogP contribution is 2.57. The molecule has 0 spiro atoms. The van der Waals surface area contributed by atoms with Gasteiger partial charge in [0.2, 0.25) is 0 Å². The van der Waals surface area contributed by atoms with E-state index in [0.717, 1.165) is 94.8 Å². The molecule has 10 rings (SSSR count). The van der Waals surface area contributed by atoms with Crippen molar-refractivity contribution < 1.29 is 0 Å². The molecule has 0 saturated heterocycles. The zero-order valence-electron chi connectivity index (χ0n) is 38.2. The maximum absolute atomic E-state index is 11.7. The van der Waals surface area contributed by atoms with Crippen molar-refractivity contribution >= 4 is 43.6 Å². The highest BCUT2D eigenvalue weighted by Gasteiger charge is 2.48. The van der Waals surface area contributed by atoms with E-state index in [4.69, 9.17) is 0 Å². The Bertz CT molecular complexity index is 3270. The van der Waals surface area contributed by atoms with Crippen LogP contribution < -0.4 is 0 Å². The number of rotatable bonds is 4. The number of fused-ring (bicyclic) bond motifs is 7. The summed E-state index contributed by atoms with van der Waals surface area (Å²) in [6.45, 7) is 22.9. The van der Waals surface area contributed by atoms with Gasteiger partial charge >= 0.3 is 0 Å². The minimum Gasteiger partial charge on any atom is -0.308 e. The van der Waals surface area contributed by atoms with Crippen molar-refractivity contribution in [3.63, 3.8) is 0 Å². The van der Waals surface area contributed by atoms with Gasteiger partial charge in [0.1, 0.15) is 12.1 Å². The SMILES string of the molecule is CC(C)(C)c1ccc2c(c1)c1cc(C(C)(C)C)ccc1n2-c1c(C#N)c(C#N)c(-n2c3ccc(-c4ccccc4)cc3c3cc(-c4ccccc4)ccc32)c2c1C(C)(C)CC2(C)C. The van der Waals surface area contributed by atoms with E-state index in [1.807, 2.05) is 0 Å². The molecule has 1 aliphatic carbocycles. The Labute approximate surface area is 371 Å². The molecule has 63 heavy (non-hydrogen) atoms. The fraction of sp³-hybridized carbons (Fsp3) is 0.254. The smallest absolute Gasteiger partial charge is 0.103 e. The molecule has 0 saturated carbocycles. The van der Waals surface area contributed by atoms with Crippen LogP contribution in [-0.2, 0) is 21.7 Å². The normalized spacial score (nSPS) is 14.7. The van der Waals surface area contributed by atoms with Crippen molar-refractivity contribution in [2.24, 2.45) is 0 Å². The predicted octanol–water partition coefficient (Wildman–Crippen LogP) is 15.5. The van der Waals surface area contributed by atoms with Crippen molar-refractivity contribution in [2.45, 2.75) is 97.3 Å². The van der Waals surface area contributed by atoms with Crippen molar-refractivity contribution in [2.75, 3.05) is 0 Å². The summed E-state index contributed by atoms with van der Waals surface area (Å²) in [6, 6.07) is 53.6. The molecule has 0 atom stereocenters. The lowest BCUT2D eigenvalue weighted by atomic mass is 9.81. The monoisotopic (exact) mass is 818 g/mol. The summed E-state index contributed by atoms with van der Waals surface area (Å²) >= 11 is 0. The van der Waals surface area contributed by atoms with Gasteiger partial charge in [-0.05, 0) is 121 Å². The van der Waals surface area contributed by atoms with Gasteiger partial charge in [-0.1, -0.05) is 154 Å². The maximum atomic E-state index is 11.7. The molecule has 2 aromatic heterocycles. The first-order chi connectivity index (χ1) is 29.9. The van der Waals surface area contributed by atoms with Crippen LogP contribution in [0.15, 0.2) is 133 Å². The summed E-state index contributed by atoms with van der Waals surface area (Å²) in [5.74, 6) is 0. The second-order valence-electron chi connectivity index (χ2n) is 21.2. The number of benzene rings is 7. The fourth-order valence-electron chi connectivity index (χ4n) is 11.1. The van der Waals surface area contributed by atoms with Crippen molar-refractivity contribution in [1.29, 1.82) is 10.5 Å². The first kappa shape index (κ1) is 40.2. The molecule has 2 heterocycles. The predicted molar refractivity (Wildman–Crippen MR) is 263 cm³/mol. The van der Waals surface area contributed by atoms with Crippen LogP contribution in [0.2, 0.25) is 0 Å². The number of hydrogen-bond acceptors (Lipinski definition) is 2. The van der Waals surface area contributed by atoms with Gasteiger partial charge in [-0.3, -0.25) is 0 Å². The minimum atomic E-state index is -0.350. The number of nitrogens with zero attached hydrogens (tertiary/aromatic N) is 4. The molecule has 4 heteroatoms. The van der Waals surface area contributed by atoms with Crippen LogP contribution in [0.3, 0.4) is 0 Å². The molecule has 0 bridgehead atoms. The molecular weight excluding hydrogens is 765 g/mol. The first-order valence-corrected chi connectivity index (χ1v) is 22.3. The highest BCUT2D eigenvalue weighted by atomic mass is 15.0. The van der Waals surface area contributed by atoms with Crippen LogP contribution in [-0.4, -0.2) is 9.13 Å². The van der Waals surface area contributed by atoms with Gasteiger partial charge in [-0.2, -0.15) is 10.5 Å². The van der Waals surface area contributed by atoms with Gasteiger partial charge in [-0.25, -0.2) is 0 Å². The third-order valence-corrected chi connectivity index (χ3v) is 13.8. The second kappa shape index (κ2) is 13.8. The topological polar surface area (TPSA) is 57.4 Å². The average Bonchev–Trinajstić information content (AvgIpc) is 3.82. The van der Waals surface area contributed by atoms with E-state index in [2.05, 4.69) is 224 Å². The third kappa shape index (κ3) is 6.14. The molecule has 0 N–H and O–H groups in total. The van der Waals surface area contributed by atoms with E-state index in [1.165, 1.54) is 11.1 Å². The van der Waals surface area contributed by atoms with Crippen LogP contribution in [0.5, 0.6) is 0 Å². The molecule has 7 aromatic carbocycles. The van der Waals surface area contributed by atoms with E-state index in [0.29, 0.717) is 11.1 Å². The highest BCUT2D eigenvalue weighted by molar-refractivity contribution is 6.13. The quantitative estimate of drug-likeness (QED) is 0.178. The molecular formula is C59H54N4. The van der Waals surface area contributed by atoms with Gasteiger partial charge in [-0.15, -0.1) is 0 Å². The van der Waals surface area contributed by atoms with Crippen LogP contribution in [0.25, 0.3) is 77.2 Å². The molecule has 0 radical (unpaired) electrons. The zero-order chi connectivity index (χ0) is 44.4. The van der Waals surface area contributed by atoms with Gasteiger partial charge in [0.05, 0.1) is 44.6 Å². The second-order valence-corrected chi connectivity index (χ2v) is 21.2. The number of aromatic nitrogens is 2. The number of hydrogen-bond donors (Lipinski definition) is 0. The molecule has 0 aliphatic heterocycles. The summed E-state index contributed by atoms with van der Waals surface area (Å²) < 4.78 is 4.65. The first-order valence-electron chi connectivity index (χ1n) is 22.3. The van der Waals surface area contributed by atoms with Crippen molar-refractivity contribution in [3.05, 3.63) is 167 Å². The van der Waals surface area contributed by atoms with Crippen LogP contribution in [0, 0.1) is 22.7 Å². The Balaban J connectivity index is 1.37. The Kier molecular flexibility index (Phi) is 8.81. The van der Waals surface area contributed by atoms with E-state index in [9.17, 15) is 10.5 Å². The van der Waals surface area contributed by atoms with Gasteiger partial charge in [0.25, 0.3) is 0 Å². The summed E-state index contributed by atoms with van der Waals surface area (Å²) in [6.07, 6.45) is 0.849. The van der Waals surface area contributed by atoms with Crippen LogP contribution >= 0.6 is 0 Å². The lowest BCUT2D eigenvalue weighted by molar-refractivity contribution is 0.402. The van der Waals surface area contributed by atoms with Crippen LogP contribution in [0.1, 0.15) is 109 Å². The molecule has 310 valence electrons. The Hall–Kier alpha value is -6.88. The molecule has 0 amide bonds. The third-order valence-electron chi connectivity index (χ3n) is 13.8. The standard InChI is InChI=1S/C59H54N4/c1-56(2,3)40-23-27-50-44(31-40)45-32-41(57(4,5)6)24-28-51(45)63(50)55-47(34-61)46(33-60)54(52-53(55)59(9,10)35-58(52,7)8)62-48-25-21-38(36-17-13-11-14-18-36)29-42(48)43-30-39(22-26-49(43)62)37-19-15-12-16-20-37/h11-32H,35H2,1-10H3. The summed E-state index contributed by atoms with van der Waals surface area (Å²) in [4.78, 5) is 0. The lowest BCUT2D eigenvalue weighted by Crippen LogP contribution is -2.19. The summed E-state index contributed by atoms with van der Waals surface area (Å²) in [5.41, 5.74) is 15.1. The molecule has 0 fully saturated rings. The molecule has 9 aromatic rings. The van der Waals surface area contributed by atoms with Gasteiger partial charge < -0.3 is 9.13 Å². The van der Waals surface area contributed by atoms with Gasteiger partial charge in [0, 0.05) is 21.5 Å². The van der Waals surface area contributed by atoms with Crippen molar-refractivity contribution in [1.82, 2.24) is 9.13 Å². The van der Waals surface area contributed by atoms with Gasteiger partial charge in [0.15, 0.2) is 0 Å². The zero-order valence-corrected chi connectivity index (χ0v) is 38.2. The summed E-state index contributed by atoms with van der Waals surface area (Å²) in [7, 11) is 0. The van der Waals surface area contributed by atoms with E-state index < -0.39 is 0 Å². The molecule has 4 nitrogen and oxygen atoms in total. The van der Waals surface area contributed by atoms with Crippen LogP contribution in [0.4, 0.5) is 0 Å². The Morgan fingerprint density at radius 2 is 0.762 bits per heavy atom. The lowest BCUT2D eigenvalue weighted by Gasteiger charge is -2.28.